The number of hydrogen-bond acceptors (Lipinski definition) is 2. The molecule has 1 heterocycles. The lowest BCUT2D eigenvalue weighted by Crippen LogP contribution is -2.38. The maximum atomic E-state index is 13.0. The molecule has 1 aliphatic heterocycles. The van der Waals surface area contributed by atoms with Crippen molar-refractivity contribution in [2.24, 2.45) is 0 Å². The lowest BCUT2D eigenvalue weighted by molar-refractivity contribution is -0.121. The molecule has 108 valence electrons. The average Bonchev–Trinajstić information content (AvgIpc) is 2.79. The monoisotopic (exact) mass is 288 g/mol. The summed E-state index contributed by atoms with van der Waals surface area (Å²) in [6, 6.07) is 19.6. The van der Waals surface area contributed by atoms with Crippen molar-refractivity contribution in [3.63, 3.8) is 0 Å². The van der Waals surface area contributed by atoms with Crippen LogP contribution >= 0.6 is 0 Å². The second-order valence-electron chi connectivity index (χ2n) is 5.40. The average molecular weight is 288 g/mol. The van der Waals surface area contributed by atoms with Crippen molar-refractivity contribution in [2.75, 3.05) is 4.90 Å². The summed E-state index contributed by atoms with van der Waals surface area (Å²) in [6.45, 7) is 4.18. The zero-order valence-electron chi connectivity index (χ0n) is 12.2. The normalized spacial score (nSPS) is 19.6. The van der Waals surface area contributed by atoms with Crippen molar-refractivity contribution in [2.45, 2.75) is 18.4 Å². The van der Waals surface area contributed by atoms with Crippen molar-refractivity contribution < 1.29 is 4.79 Å². The van der Waals surface area contributed by atoms with Gasteiger partial charge in [0.05, 0.1) is 12.6 Å². The first-order valence-corrected chi connectivity index (χ1v) is 7.20. The molecule has 3 heteroatoms. The molecule has 3 nitrogen and oxygen atoms in total. The minimum atomic E-state index is -1.15. The number of hydrogen-bond donors (Lipinski definition) is 0. The second kappa shape index (κ2) is 5.50. The van der Waals surface area contributed by atoms with Gasteiger partial charge < -0.3 is 4.90 Å². The van der Waals surface area contributed by atoms with Gasteiger partial charge >= 0.3 is 0 Å². The molecule has 1 aliphatic rings. The predicted octanol–water partition coefficient (Wildman–Crippen LogP) is 3.57. The number of carbonyl (C=O) groups is 1. The van der Waals surface area contributed by atoms with Crippen LogP contribution in [0.5, 0.6) is 0 Å². The van der Waals surface area contributed by atoms with E-state index in [0.29, 0.717) is 13.0 Å². The number of allylic oxidation sites excluding steroid dienone is 1. The van der Waals surface area contributed by atoms with Crippen LogP contribution in [0, 0.1) is 11.3 Å². The Labute approximate surface area is 130 Å². The fourth-order valence-corrected chi connectivity index (χ4v) is 3.02. The quantitative estimate of drug-likeness (QED) is 0.807. The van der Waals surface area contributed by atoms with E-state index in [1.165, 1.54) is 0 Å². The van der Waals surface area contributed by atoms with Crippen LogP contribution < -0.4 is 4.90 Å². The SMILES string of the molecule is C=CC[C@@]1(C#N)C(=O)N(Cc2ccccc2)c2ccccc21. The molecule has 1 amide bonds. The Bertz CT molecular complexity index is 761. The van der Waals surface area contributed by atoms with Crippen molar-refractivity contribution in [1.82, 2.24) is 0 Å². The van der Waals surface area contributed by atoms with Crippen molar-refractivity contribution >= 4 is 11.6 Å². The smallest absolute Gasteiger partial charge is 0.252 e. The van der Waals surface area contributed by atoms with E-state index in [1.54, 1.807) is 11.0 Å². The van der Waals surface area contributed by atoms with Crippen molar-refractivity contribution in [3.05, 3.63) is 78.4 Å². The lowest BCUT2D eigenvalue weighted by atomic mass is 9.80. The highest BCUT2D eigenvalue weighted by Gasteiger charge is 2.50. The zero-order valence-corrected chi connectivity index (χ0v) is 12.2. The molecule has 0 N–H and O–H groups in total. The lowest BCUT2D eigenvalue weighted by Gasteiger charge is -2.21. The highest BCUT2D eigenvalue weighted by atomic mass is 16.2. The fraction of sp³-hybridized carbons (Fsp3) is 0.158. The summed E-state index contributed by atoms with van der Waals surface area (Å²) in [4.78, 5) is 14.7. The molecule has 3 rings (SSSR count). The van der Waals surface area contributed by atoms with E-state index >= 15 is 0 Å². The summed E-state index contributed by atoms with van der Waals surface area (Å²) < 4.78 is 0. The molecule has 0 spiro atoms. The van der Waals surface area contributed by atoms with Gasteiger partial charge in [-0.15, -0.1) is 6.58 Å². The summed E-state index contributed by atoms with van der Waals surface area (Å²) in [5.41, 5.74) is 1.49. The van der Waals surface area contributed by atoms with Gasteiger partial charge in [-0.2, -0.15) is 5.26 Å². The van der Waals surface area contributed by atoms with E-state index < -0.39 is 5.41 Å². The molecule has 2 aromatic carbocycles. The highest BCUT2D eigenvalue weighted by molar-refractivity contribution is 6.10. The van der Waals surface area contributed by atoms with Gasteiger partial charge in [0.1, 0.15) is 0 Å². The Morgan fingerprint density at radius 2 is 1.82 bits per heavy atom. The molecule has 0 unspecified atom stereocenters. The minimum Gasteiger partial charge on any atom is -0.306 e. The molecule has 0 fully saturated rings. The van der Waals surface area contributed by atoms with Gasteiger partial charge in [0.25, 0.3) is 5.91 Å². The second-order valence-corrected chi connectivity index (χ2v) is 5.40. The summed E-state index contributed by atoms with van der Waals surface area (Å²) in [6.07, 6.45) is 1.97. The maximum Gasteiger partial charge on any atom is 0.252 e. The first-order chi connectivity index (χ1) is 10.7. The standard InChI is InChI=1S/C19H16N2O/c1-2-12-19(14-20)16-10-6-7-11-17(16)21(18(19)22)13-15-8-4-3-5-9-15/h2-11H,1,12-13H2/t19-/m0/s1. The third-order valence-corrected chi connectivity index (χ3v) is 4.09. The van der Waals surface area contributed by atoms with Gasteiger partial charge in [-0.25, -0.2) is 0 Å². The fourth-order valence-electron chi connectivity index (χ4n) is 3.02. The van der Waals surface area contributed by atoms with Gasteiger partial charge in [-0.05, 0) is 18.1 Å². The minimum absolute atomic E-state index is 0.167. The van der Waals surface area contributed by atoms with Gasteiger partial charge in [0, 0.05) is 11.3 Å². The van der Waals surface area contributed by atoms with E-state index in [1.807, 2.05) is 54.6 Å². The molecule has 0 saturated carbocycles. The molecule has 0 bridgehead atoms. The van der Waals surface area contributed by atoms with E-state index in [4.69, 9.17) is 0 Å². The number of nitriles is 1. The van der Waals surface area contributed by atoms with Crippen LogP contribution in [0.2, 0.25) is 0 Å². The van der Waals surface area contributed by atoms with Crippen molar-refractivity contribution in [1.29, 1.82) is 5.26 Å². The van der Waals surface area contributed by atoms with E-state index in [-0.39, 0.29) is 5.91 Å². The van der Waals surface area contributed by atoms with Crippen LogP contribution in [0.15, 0.2) is 67.3 Å². The first kappa shape index (κ1) is 14.1. The molecule has 0 saturated heterocycles. The van der Waals surface area contributed by atoms with Crippen LogP contribution in [-0.4, -0.2) is 5.91 Å². The Morgan fingerprint density at radius 3 is 2.50 bits per heavy atom. The zero-order chi connectivity index (χ0) is 15.6. The van der Waals surface area contributed by atoms with E-state index in [9.17, 15) is 10.1 Å². The summed E-state index contributed by atoms with van der Waals surface area (Å²) in [7, 11) is 0. The number of amides is 1. The number of carbonyl (C=O) groups excluding carboxylic acids is 1. The molecule has 22 heavy (non-hydrogen) atoms. The van der Waals surface area contributed by atoms with Crippen LogP contribution in [0.3, 0.4) is 0 Å². The number of nitrogens with zero attached hydrogens (tertiary/aromatic N) is 2. The number of para-hydroxylation sites is 1. The van der Waals surface area contributed by atoms with Gasteiger partial charge in [0.15, 0.2) is 5.41 Å². The molecular formula is C19H16N2O. The van der Waals surface area contributed by atoms with Gasteiger partial charge in [-0.3, -0.25) is 4.79 Å². The Balaban J connectivity index is 2.08. The van der Waals surface area contributed by atoms with E-state index in [0.717, 1.165) is 16.8 Å². The Kier molecular flexibility index (Phi) is 3.52. The topological polar surface area (TPSA) is 44.1 Å². The number of rotatable bonds is 4. The highest BCUT2D eigenvalue weighted by Crippen LogP contribution is 2.44. The molecule has 0 radical (unpaired) electrons. The maximum absolute atomic E-state index is 13.0. The number of anilines is 1. The number of benzene rings is 2. The molecular weight excluding hydrogens is 272 g/mol. The van der Waals surface area contributed by atoms with Crippen LogP contribution in [0.4, 0.5) is 5.69 Å². The van der Waals surface area contributed by atoms with Gasteiger partial charge in [-0.1, -0.05) is 54.6 Å². The predicted molar refractivity (Wildman–Crippen MR) is 86.2 cm³/mol. The van der Waals surface area contributed by atoms with Gasteiger partial charge in [0.2, 0.25) is 0 Å². The van der Waals surface area contributed by atoms with Crippen molar-refractivity contribution in [3.8, 4) is 6.07 Å². The van der Waals surface area contributed by atoms with E-state index in [2.05, 4.69) is 12.6 Å². The number of fused-ring (bicyclic) bond motifs is 1. The molecule has 1 atom stereocenters. The van der Waals surface area contributed by atoms with Crippen LogP contribution in [0.25, 0.3) is 0 Å². The van der Waals surface area contributed by atoms with Crippen LogP contribution in [-0.2, 0) is 16.8 Å². The Hall–Kier alpha value is -2.86. The molecule has 2 aromatic rings. The third kappa shape index (κ3) is 2.01. The van der Waals surface area contributed by atoms with Crippen LogP contribution in [0.1, 0.15) is 17.5 Å². The first-order valence-electron chi connectivity index (χ1n) is 7.20. The molecule has 0 aliphatic carbocycles. The summed E-state index contributed by atoms with van der Waals surface area (Å²) in [5, 5.41) is 9.70. The largest absolute Gasteiger partial charge is 0.306 e. The Morgan fingerprint density at radius 1 is 1.14 bits per heavy atom. The third-order valence-electron chi connectivity index (χ3n) is 4.09. The summed E-state index contributed by atoms with van der Waals surface area (Å²) in [5.74, 6) is -0.167. The summed E-state index contributed by atoms with van der Waals surface area (Å²) >= 11 is 0. The molecule has 0 aromatic heterocycles.